The summed E-state index contributed by atoms with van der Waals surface area (Å²) in [5, 5.41) is 9.06. The lowest BCUT2D eigenvalue weighted by atomic mass is 9.87. The quantitative estimate of drug-likeness (QED) is 0.904. The van der Waals surface area contributed by atoms with E-state index in [2.05, 4.69) is 16.5 Å². The molecule has 0 amide bonds. The number of fused-ring (bicyclic) bond motifs is 1. The van der Waals surface area contributed by atoms with Gasteiger partial charge in [-0.15, -0.1) is 0 Å². The molecule has 0 atom stereocenters. The van der Waals surface area contributed by atoms with Gasteiger partial charge in [-0.05, 0) is 56.7 Å². The molecule has 1 aromatic carbocycles. The normalized spacial score (nSPS) is 23.1. The Bertz CT molecular complexity index is 652. The highest BCUT2D eigenvalue weighted by molar-refractivity contribution is 5.92. The van der Waals surface area contributed by atoms with E-state index in [4.69, 9.17) is 5.11 Å². The minimum atomic E-state index is -0.898. The van der Waals surface area contributed by atoms with E-state index in [-0.39, 0.29) is 0 Å². The van der Waals surface area contributed by atoms with Crippen molar-refractivity contribution in [1.82, 2.24) is 9.55 Å². The van der Waals surface area contributed by atoms with Gasteiger partial charge in [-0.2, -0.15) is 0 Å². The molecule has 20 heavy (non-hydrogen) atoms. The zero-order valence-electron chi connectivity index (χ0n) is 12.0. The lowest BCUT2D eigenvalue weighted by Crippen LogP contribution is -2.17. The van der Waals surface area contributed by atoms with Crippen molar-refractivity contribution in [1.29, 1.82) is 0 Å². The molecule has 0 spiro atoms. The third-order valence-electron chi connectivity index (χ3n) is 4.46. The van der Waals surface area contributed by atoms with Crippen molar-refractivity contribution in [2.24, 2.45) is 5.92 Å². The molecule has 0 bridgehead atoms. The lowest BCUT2D eigenvalue weighted by Gasteiger charge is -2.28. The molecule has 0 radical (unpaired) electrons. The maximum absolute atomic E-state index is 11.0. The molecule has 106 valence electrons. The first kappa shape index (κ1) is 13.2. The summed E-state index contributed by atoms with van der Waals surface area (Å²) in [7, 11) is 0. The van der Waals surface area contributed by atoms with Crippen LogP contribution in [0.2, 0.25) is 0 Å². The van der Waals surface area contributed by atoms with Crippen LogP contribution >= 0.6 is 0 Å². The smallest absolute Gasteiger partial charge is 0.335 e. The van der Waals surface area contributed by atoms with Crippen LogP contribution in [0.3, 0.4) is 0 Å². The monoisotopic (exact) mass is 272 g/mol. The minimum Gasteiger partial charge on any atom is -0.478 e. The fourth-order valence-electron chi connectivity index (χ4n) is 3.31. The van der Waals surface area contributed by atoms with Gasteiger partial charge in [0.2, 0.25) is 0 Å². The van der Waals surface area contributed by atoms with Crippen molar-refractivity contribution in [2.75, 3.05) is 0 Å². The number of nitrogens with zero attached hydrogens (tertiary/aromatic N) is 2. The second-order valence-corrected chi connectivity index (χ2v) is 5.95. The van der Waals surface area contributed by atoms with E-state index in [1.165, 1.54) is 25.7 Å². The Hall–Kier alpha value is -1.84. The number of aryl methyl sites for hydroxylation is 1. The van der Waals surface area contributed by atoms with Gasteiger partial charge in [0, 0.05) is 6.04 Å². The first-order valence-electron chi connectivity index (χ1n) is 7.28. The molecule has 1 saturated carbocycles. The van der Waals surface area contributed by atoms with Crippen LogP contribution in [0, 0.1) is 12.8 Å². The molecule has 1 fully saturated rings. The zero-order valence-corrected chi connectivity index (χ0v) is 12.0. The van der Waals surface area contributed by atoms with E-state index in [9.17, 15) is 4.79 Å². The number of rotatable bonds is 2. The molecule has 1 aliphatic rings. The molecular weight excluding hydrogens is 252 g/mol. The summed E-state index contributed by atoms with van der Waals surface area (Å²) in [5.41, 5.74) is 2.16. The Kier molecular flexibility index (Phi) is 3.24. The highest BCUT2D eigenvalue weighted by Gasteiger charge is 2.23. The number of hydrogen-bond donors (Lipinski definition) is 1. The summed E-state index contributed by atoms with van der Waals surface area (Å²) in [6.45, 7) is 4.33. The van der Waals surface area contributed by atoms with Crippen LogP contribution in [0.1, 0.15) is 54.8 Å². The molecule has 2 aromatic rings. The van der Waals surface area contributed by atoms with Crippen molar-refractivity contribution >= 4 is 17.0 Å². The van der Waals surface area contributed by atoms with E-state index in [0.717, 1.165) is 22.8 Å². The Balaban J connectivity index is 2.02. The Labute approximate surface area is 118 Å². The van der Waals surface area contributed by atoms with Crippen LogP contribution in [0.15, 0.2) is 18.2 Å². The maximum atomic E-state index is 11.0. The van der Waals surface area contributed by atoms with Crippen LogP contribution in [-0.2, 0) is 0 Å². The molecule has 1 N–H and O–H groups in total. The van der Waals surface area contributed by atoms with Gasteiger partial charge in [-0.3, -0.25) is 0 Å². The predicted molar refractivity (Wildman–Crippen MR) is 78.1 cm³/mol. The van der Waals surface area contributed by atoms with Crippen molar-refractivity contribution in [2.45, 2.75) is 45.6 Å². The SMILES string of the molecule is Cc1nc2cc(C(=O)O)ccc2n1C1CCC(C)CC1. The number of aromatic nitrogens is 2. The molecule has 3 rings (SSSR count). The zero-order chi connectivity index (χ0) is 14.3. The number of carboxylic acids is 1. The van der Waals surface area contributed by atoms with E-state index < -0.39 is 5.97 Å². The molecular formula is C16H20N2O2. The predicted octanol–water partition coefficient (Wildman–Crippen LogP) is 3.79. The van der Waals surface area contributed by atoms with Gasteiger partial charge in [0.15, 0.2) is 0 Å². The van der Waals surface area contributed by atoms with E-state index in [1.807, 2.05) is 13.0 Å². The summed E-state index contributed by atoms with van der Waals surface area (Å²) in [6, 6.07) is 5.75. The molecule has 0 saturated heterocycles. The van der Waals surface area contributed by atoms with Crippen molar-refractivity contribution in [3.63, 3.8) is 0 Å². The Morgan fingerprint density at radius 1 is 1.30 bits per heavy atom. The highest BCUT2D eigenvalue weighted by Crippen LogP contribution is 2.35. The summed E-state index contributed by atoms with van der Waals surface area (Å²) in [4.78, 5) is 15.6. The number of aromatic carboxylic acids is 1. The fraction of sp³-hybridized carbons (Fsp3) is 0.500. The third-order valence-corrected chi connectivity index (χ3v) is 4.46. The van der Waals surface area contributed by atoms with E-state index in [1.54, 1.807) is 12.1 Å². The van der Waals surface area contributed by atoms with E-state index in [0.29, 0.717) is 11.6 Å². The van der Waals surface area contributed by atoms with Crippen molar-refractivity contribution < 1.29 is 9.90 Å². The van der Waals surface area contributed by atoms with Gasteiger partial charge in [0.25, 0.3) is 0 Å². The minimum absolute atomic E-state index is 0.305. The fourth-order valence-corrected chi connectivity index (χ4v) is 3.31. The molecule has 4 heteroatoms. The van der Waals surface area contributed by atoms with Gasteiger partial charge in [0.05, 0.1) is 16.6 Å². The van der Waals surface area contributed by atoms with Crippen LogP contribution in [0.4, 0.5) is 0 Å². The van der Waals surface area contributed by atoms with Gasteiger partial charge in [-0.25, -0.2) is 9.78 Å². The maximum Gasteiger partial charge on any atom is 0.335 e. The van der Waals surface area contributed by atoms with Gasteiger partial charge >= 0.3 is 5.97 Å². The summed E-state index contributed by atoms with van der Waals surface area (Å²) < 4.78 is 2.30. The molecule has 1 heterocycles. The van der Waals surface area contributed by atoms with Crippen LogP contribution < -0.4 is 0 Å². The lowest BCUT2D eigenvalue weighted by molar-refractivity contribution is 0.0697. The first-order chi connectivity index (χ1) is 9.56. The second-order valence-electron chi connectivity index (χ2n) is 5.95. The molecule has 1 aliphatic carbocycles. The first-order valence-corrected chi connectivity index (χ1v) is 7.28. The Morgan fingerprint density at radius 2 is 2.00 bits per heavy atom. The average molecular weight is 272 g/mol. The topological polar surface area (TPSA) is 55.1 Å². The number of carboxylic acid groups (broad SMARTS) is 1. The van der Waals surface area contributed by atoms with Crippen LogP contribution in [0.5, 0.6) is 0 Å². The number of carbonyl (C=O) groups is 1. The molecule has 0 aliphatic heterocycles. The highest BCUT2D eigenvalue weighted by atomic mass is 16.4. The van der Waals surface area contributed by atoms with Gasteiger partial charge in [0.1, 0.15) is 5.82 Å². The van der Waals surface area contributed by atoms with Gasteiger partial charge < -0.3 is 9.67 Å². The summed E-state index contributed by atoms with van der Waals surface area (Å²) >= 11 is 0. The molecule has 1 aromatic heterocycles. The molecule has 4 nitrogen and oxygen atoms in total. The summed E-state index contributed by atoms with van der Waals surface area (Å²) in [5.74, 6) is 0.910. The molecule has 0 unspecified atom stereocenters. The van der Waals surface area contributed by atoms with E-state index >= 15 is 0 Å². The second kappa shape index (κ2) is 4.93. The summed E-state index contributed by atoms with van der Waals surface area (Å²) in [6.07, 6.45) is 4.90. The van der Waals surface area contributed by atoms with Crippen molar-refractivity contribution in [3.8, 4) is 0 Å². The standard InChI is InChI=1S/C16H20N2O2/c1-10-3-6-13(7-4-10)18-11(2)17-14-9-12(16(19)20)5-8-15(14)18/h5,8-10,13H,3-4,6-7H2,1-2H3,(H,19,20). The van der Waals surface area contributed by atoms with Crippen LogP contribution in [-0.4, -0.2) is 20.6 Å². The number of imidazole rings is 1. The Morgan fingerprint density at radius 3 is 2.65 bits per heavy atom. The number of benzene rings is 1. The number of hydrogen-bond acceptors (Lipinski definition) is 2. The van der Waals surface area contributed by atoms with Gasteiger partial charge in [-0.1, -0.05) is 6.92 Å². The van der Waals surface area contributed by atoms with Crippen molar-refractivity contribution in [3.05, 3.63) is 29.6 Å². The van der Waals surface area contributed by atoms with Crippen LogP contribution in [0.25, 0.3) is 11.0 Å². The average Bonchev–Trinajstić information content (AvgIpc) is 2.74. The third kappa shape index (κ3) is 2.19. The largest absolute Gasteiger partial charge is 0.478 e.